The summed E-state index contributed by atoms with van der Waals surface area (Å²) in [6.07, 6.45) is 6.87. The van der Waals surface area contributed by atoms with E-state index in [2.05, 4.69) is 10.3 Å². The summed E-state index contributed by atoms with van der Waals surface area (Å²) in [5.74, 6) is 0.0198. The third-order valence-electron chi connectivity index (χ3n) is 6.55. The van der Waals surface area contributed by atoms with Gasteiger partial charge in [-0.25, -0.2) is 4.79 Å². The van der Waals surface area contributed by atoms with Gasteiger partial charge in [-0.3, -0.25) is 9.78 Å². The van der Waals surface area contributed by atoms with E-state index in [4.69, 9.17) is 15.2 Å². The zero-order chi connectivity index (χ0) is 22.7. The molecule has 0 unspecified atom stereocenters. The molecule has 2 aliphatic carbocycles. The van der Waals surface area contributed by atoms with Gasteiger partial charge in [0.05, 0.1) is 35.0 Å². The largest absolute Gasteiger partial charge is 0.490 e. The zero-order valence-electron chi connectivity index (χ0n) is 18.4. The maximum Gasteiger partial charge on any atom is 0.339 e. The van der Waals surface area contributed by atoms with Gasteiger partial charge in [0.1, 0.15) is 17.9 Å². The molecule has 8 heteroatoms. The van der Waals surface area contributed by atoms with Gasteiger partial charge in [-0.2, -0.15) is 0 Å². The van der Waals surface area contributed by atoms with Crippen molar-refractivity contribution in [2.75, 3.05) is 18.9 Å². The van der Waals surface area contributed by atoms with Crippen molar-refractivity contribution >= 4 is 28.5 Å². The van der Waals surface area contributed by atoms with Crippen LogP contribution in [0.5, 0.6) is 5.75 Å². The van der Waals surface area contributed by atoms with Crippen LogP contribution in [-0.4, -0.2) is 47.3 Å². The highest BCUT2D eigenvalue weighted by Gasteiger charge is 2.26. The number of carboxylic acids is 1. The van der Waals surface area contributed by atoms with E-state index in [1.807, 2.05) is 6.07 Å². The third-order valence-corrected chi connectivity index (χ3v) is 6.55. The number of amides is 1. The van der Waals surface area contributed by atoms with E-state index >= 15 is 0 Å². The lowest BCUT2D eigenvalue weighted by Crippen LogP contribution is -2.41. The number of nitrogens with two attached hydrogens (primary N) is 1. The van der Waals surface area contributed by atoms with Crippen molar-refractivity contribution < 1.29 is 24.2 Å². The number of pyridine rings is 1. The van der Waals surface area contributed by atoms with Crippen LogP contribution >= 0.6 is 0 Å². The van der Waals surface area contributed by atoms with Crippen molar-refractivity contribution in [1.82, 2.24) is 10.3 Å². The van der Waals surface area contributed by atoms with Crippen LogP contribution in [0.2, 0.25) is 0 Å². The Kier molecular flexibility index (Phi) is 6.79. The van der Waals surface area contributed by atoms with Crippen LogP contribution in [0.15, 0.2) is 18.2 Å². The number of aromatic nitrogens is 1. The van der Waals surface area contributed by atoms with E-state index in [9.17, 15) is 14.7 Å². The van der Waals surface area contributed by atoms with E-state index in [-0.39, 0.29) is 35.9 Å². The first-order chi connectivity index (χ1) is 15.4. The summed E-state index contributed by atoms with van der Waals surface area (Å²) in [6.45, 7) is 2.45. The number of aryl methyl sites for hydroxylation is 1. The van der Waals surface area contributed by atoms with Crippen molar-refractivity contribution in [3.8, 4) is 5.75 Å². The molecule has 0 spiro atoms. The highest BCUT2D eigenvalue weighted by Crippen LogP contribution is 2.35. The molecule has 4 N–H and O–H groups in total. The van der Waals surface area contributed by atoms with E-state index in [0.29, 0.717) is 34.9 Å². The highest BCUT2D eigenvalue weighted by molar-refractivity contribution is 6.06. The molecule has 2 aliphatic rings. The Morgan fingerprint density at radius 1 is 1.19 bits per heavy atom. The Bertz CT molecular complexity index is 997. The molecular formula is C24H31N3O5. The van der Waals surface area contributed by atoms with Crippen LogP contribution < -0.4 is 15.8 Å². The van der Waals surface area contributed by atoms with Gasteiger partial charge in [0.25, 0.3) is 0 Å². The normalized spacial score (nSPS) is 21.2. The number of hydrogen-bond donors (Lipinski definition) is 3. The van der Waals surface area contributed by atoms with Crippen molar-refractivity contribution in [2.24, 2.45) is 5.92 Å². The van der Waals surface area contributed by atoms with Crippen LogP contribution in [0.1, 0.15) is 61.0 Å². The first-order valence-corrected chi connectivity index (χ1v) is 11.4. The number of aromatic carboxylic acids is 1. The molecule has 2 fully saturated rings. The summed E-state index contributed by atoms with van der Waals surface area (Å²) in [5, 5.41) is 13.1. The number of rotatable bonds is 8. The minimum Gasteiger partial charge on any atom is -0.490 e. The van der Waals surface area contributed by atoms with Crippen LogP contribution in [0, 0.1) is 12.8 Å². The van der Waals surface area contributed by atoms with Crippen molar-refractivity contribution in [3.05, 3.63) is 29.5 Å². The maximum atomic E-state index is 12.1. The Labute approximate surface area is 187 Å². The topological polar surface area (TPSA) is 124 Å². The standard InChI is InChI=1S/C24H31N3O5/c1-14-21(24(29)30)23(25)22-18(26-14)6-3-7-19(22)32-17-10-8-16(9-11-17)27-20(28)13-31-12-15-4-2-5-15/h3,6-7,15-17H,2,4-5,8-13H2,1H3,(H2,25,26)(H,27,28)(H,29,30). The molecule has 0 atom stereocenters. The fourth-order valence-corrected chi connectivity index (χ4v) is 4.56. The summed E-state index contributed by atoms with van der Waals surface area (Å²) >= 11 is 0. The molecule has 1 heterocycles. The average Bonchev–Trinajstić information content (AvgIpc) is 2.71. The van der Waals surface area contributed by atoms with Crippen molar-refractivity contribution in [1.29, 1.82) is 0 Å². The molecule has 4 rings (SSSR count). The van der Waals surface area contributed by atoms with E-state index in [1.165, 1.54) is 19.3 Å². The van der Waals surface area contributed by atoms with Crippen LogP contribution in [0.25, 0.3) is 10.9 Å². The lowest BCUT2D eigenvalue weighted by atomic mass is 9.86. The number of benzene rings is 1. The quantitative estimate of drug-likeness (QED) is 0.573. The maximum absolute atomic E-state index is 12.1. The number of ether oxygens (including phenoxy) is 2. The van der Waals surface area contributed by atoms with E-state index < -0.39 is 5.97 Å². The number of carbonyl (C=O) groups excluding carboxylic acids is 1. The van der Waals surface area contributed by atoms with E-state index in [0.717, 1.165) is 25.7 Å². The molecule has 2 saturated carbocycles. The summed E-state index contributed by atoms with van der Waals surface area (Å²) in [4.78, 5) is 28.2. The number of nitrogen functional groups attached to an aromatic ring is 1. The predicted octanol–water partition coefficient (Wildman–Crippen LogP) is 3.45. The molecule has 1 aromatic heterocycles. The Morgan fingerprint density at radius 2 is 1.94 bits per heavy atom. The number of hydrogen-bond acceptors (Lipinski definition) is 6. The number of fused-ring (bicyclic) bond motifs is 1. The summed E-state index contributed by atoms with van der Waals surface area (Å²) in [6, 6.07) is 5.56. The zero-order valence-corrected chi connectivity index (χ0v) is 18.4. The molecule has 1 amide bonds. The van der Waals surface area contributed by atoms with Crippen LogP contribution in [-0.2, 0) is 9.53 Å². The number of nitrogens with one attached hydrogen (secondary N) is 1. The van der Waals surface area contributed by atoms with E-state index in [1.54, 1.807) is 19.1 Å². The highest BCUT2D eigenvalue weighted by atomic mass is 16.5. The molecule has 0 radical (unpaired) electrons. The number of anilines is 1. The number of carboxylic acid groups (broad SMARTS) is 1. The predicted molar refractivity (Wildman–Crippen MR) is 121 cm³/mol. The molecule has 32 heavy (non-hydrogen) atoms. The molecule has 8 nitrogen and oxygen atoms in total. The van der Waals surface area contributed by atoms with Gasteiger partial charge in [0.15, 0.2) is 0 Å². The summed E-state index contributed by atoms with van der Waals surface area (Å²) < 4.78 is 11.8. The van der Waals surface area contributed by atoms with Gasteiger partial charge in [0, 0.05) is 6.04 Å². The molecule has 172 valence electrons. The average molecular weight is 442 g/mol. The molecule has 0 bridgehead atoms. The van der Waals surface area contributed by atoms with Gasteiger partial charge in [-0.15, -0.1) is 0 Å². The van der Waals surface area contributed by atoms with Crippen molar-refractivity contribution in [2.45, 2.75) is 64.0 Å². The molecule has 0 aliphatic heterocycles. The third kappa shape index (κ3) is 4.96. The lowest BCUT2D eigenvalue weighted by molar-refractivity contribution is -0.127. The smallest absolute Gasteiger partial charge is 0.339 e. The molecular weight excluding hydrogens is 410 g/mol. The number of nitrogens with zero attached hydrogens (tertiary/aromatic N) is 1. The second-order valence-electron chi connectivity index (χ2n) is 8.91. The summed E-state index contributed by atoms with van der Waals surface area (Å²) in [7, 11) is 0. The second kappa shape index (κ2) is 9.73. The van der Waals surface area contributed by atoms with Gasteiger partial charge >= 0.3 is 5.97 Å². The van der Waals surface area contributed by atoms with Crippen molar-refractivity contribution in [3.63, 3.8) is 0 Å². The van der Waals surface area contributed by atoms with Gasteiger partial charge < -0.3 is 25.6 Å². The Hall–Kier alpha value is -2.87. The summed E-state index contributed by atoms with van der Waals surface area (Å²) in [5.41, 5.74) is 7.41. The Balaban J connectivity index is 1.33. The lowest BCUT2D eigenvalue weighted by Gasteiger charge is -2.30. The second-order valence-corrected chi connectivity index (χ2v) is 8.91. The number of carbonyl (C=O) groups is 2. The fourth-order valence-electron chi connectivity index (χ4n) is 4.56. The monoisotopic (exact) mass is 441 g/mol. The molecule has 2 aromatic rings. The first-order valence-electron chi connectivity index (χ1n) is 11.4. The fraction of sp³-hybridized carbons (Fsp3) is 0.542. The SMILES string of the molecule is Cc1nc2cccc(OC3CCC(NC(=O)COCC4CCC4)CC3)c2c(N)c1C(=O)O. The minimum absolute atomic E-state index is 0.0134. The van der Waals surface area contributed by atoms with Crippen LogP contribution in [0.3, 0.4) is 0 Å². The minimum atomic E-state index is -1.10. The van der Waals surface area contributed by atoms with Crippen LogP contribution in [0.4, 0.5) is 5.69 Å². The Morgan fingerprint density at radius 3 is 2.59 bits per heavy atom. The molecule has 1 aromatic carbocycles. The molecule has 0 saturated heterocycles. The first kappa shape index (κ1) is 22.3. The van der Waals surface area contributed by atoms with Gasteiger partial charge in [-0.1, -0.05) is 12.5 Å². The van der Waals surface area contributed by atoms with Gasteiger partial charge in [-0.05, 0) is 63.5 Å². The van der Waals surface area contributed by atoms with Gasteiger partial charge in [0.2, 0.25) is 5.91 Å².